The number of amides is 1. The van der Waals surface area contributed by atoms with Crippen LogP contribution in [0.4, 0.5) is 0 Å². The Labute approximate surface area is 118 Å². The van der Waals surface area contributed by atoms with Crippen molar-refractivity contribution in [3.05, 3.63) is 0 Å². The predicted molar refractivity (Wildman–Crippen MR) is 80.9 cm³/mol. The summed E-state index contributed by atoms with van der Waals surface area (Å²) < 4.78 is 0. The summed E-state index contributed by atoms with van der Waals surface area (Å²) >= 11 is 0. The number of carbonyl (C=O) groups excluding carboxylic acids is 1. The van der Waals surface area contributed by atoms with Gasteiger partial charge in [0.1, 0.15) is 0 Å². The van der Waals surface area contributed by atoms with Crippen LogP contribution in [0.15, 0.2) is 0 Å². The molecule has 3 heteroatoms. The third kappa shape index (κ3) is 6.42. The molecule has 0 unspecified atom stereocenters. The minimum atomic E-state index is 0.181. The maximum atomic E-state index is 12.0. The Kier molecular flexibility index (Phi) is 6.84. The fourth-order valence-corrected chi connectivity index (χ4v) is 3.05. The van der Waals surface area contributed by atoms with E-state index in [1.54, 1.807) is 0 Å². The summed E-state index contributed by atoms with van der Waals surface area (Å²) in [5.41, 5.74) is 5.78. The molecule has 0 aromatic carbocycles. The summed E-state index contributed by atoms with van der Waals surface area (Å²) in [7, 11) is 0. The predicted octanol–water partition coefficient (Wildman–Crippen LogP) is 3.23. The largest absolute Gasteiger partial charge is 0.353 e. The lowest BCUT2D eigenvalue weighted by Gasteiger charge is -2.29. The first kappa shape index (κ1) is 16.5. The minimum Gasteiger partial charge on any atom is -0.353 e. The van der Waals surface area contributed by atoms with Gasteiger partial charge in [0, 0.05) is 12.5 Å². The van der Waals surface area contributed by atoms with E-state index in [0.717, 1.165) is 12.8 Å². The number of carbonyl (C=O) groups is 1. The molecule has 0 aromatic heterocycles. The van der Waals surface area contributed by atoms with Crippen LogP contribution in [-0.4, -0.2) is 18.5 Å². The molecule has 1 amide bonds. The van der Waals surface area contributed by atoms with Gasteiger partial charge in [-0.1, -0.05) is 33.1 Å². The standard InChI is InChI=1S/C16H32N2O/c1-13(14-7-5-4-6-8-14)18-15(19)9-10-16(2,3)11-12-17/h13-14H,4-12,17H2,1-3H3,(H,18,19)/t13-/m0/s1. The molecule has 112 valence electrons. The average Bonchev–Trinajstić information content (AvgIpc) is 2.37. The highest BCUT2D eigenvalue weighted by Crippen LogP contribution is 2.27. The first-order valence-electron chi connectivity index (χ1n) is 7.94. The second-order valence-corrected chi connectivity index (χ2v) is 6.96. The van der Waals surface area contributed by atoms with Gasteiger partial charge >= 0.3 is 0 Å². The molecule has 1 rings (SSSR count). The average molecular weight is 268 g/mol. The van der Waals surface area contributed by atoms with Crippen LogP contribution in [0.3, 0.4) is 0 Å². The van der Waals surface area contributed by atoms with E-state index >= 15 is 0 Å². The van der Waals surface area contributed by atoms with E-state index in [9.17, 15) is 4.79 Å². The van der Waals surface area contributed by atoms with Crippen molar-refractivity contribution >= 4 is 5.91 Å². The van der Waals surface area contributed by atoms with Gasteiger partial charge in [0.15, 0.2) is 0 Å². The van der Waals surface area contributed by atoms with Crippen LogP contribution in [-0.2, 0) is 4.79 Å². The molecular formula is C16H32N2O. The highest BCUT2D eigenvalue weighted by Gasteiger charge is 2.23. The maximum Gasteiger partial charge on any atom is 0.220 e. The van der Waals surface area contributed by atoms with Crippen molar-refractivity contribution in [2.75, 3.05) is 6.54 Å². The summed E-state index contributed by atoms with van der Waals surface area (Å²) in [5.74, 6) is 0.901. The number of rotatable bonds is 7. The summed E-state index contributed by atoms with van der Waals surface area (Å²) in [5, 5.41) is 3.19. The Morgan fingerprint density at radius 2 is 1.89 bits per heavy atom. The minimum absolute atomic E-state index is 0.181. The van der Waals surface area contributed by atoms with E-state index in [4.69, 9.17) is 5.73 Å². The molecule has 0 bridgehead atoms. The molecular weight excluding hydrogens is 236 g/mol. The Bertz CT molecular complexity index is 270. The van der Waals surface area contributed by atoms with Crippen molar-refractivity contribution in [2.45, 2.75) is 78.2 Å². The molecule has 0 radical (unpaired) electrons. The van der Waals surface area contributed by atoms with Gasteiger partial charge in [0.05, 0.1) is 0 Å². The van der Waals surface area contributed by atoms with E-state index in [1.165, 1.54) is 32.1 Å². The smallest absolute Gasteiger partial charge is 0.220 e. The van der Waals surface area contributed by atoms with Gasteiger partial charge in [-0.05, 0) is 50.5 Å². The van der Waals surface area contributed by atoms with Gasteiger partial charge < -0.3 is 11.1 Å². The Morgan fingerprint density at radius 3 is 2.47 bits per heavy atom. The van der Waals surface area contributed by atoms with E-state index in [0.29, 0.717) is 24.9 Å². The van der Waals surface area contributed by atoms with Crippen LogP contribution in [0.25, 0.3) is 0 Å². The van der Waals surface area contributed by atoms with Crippen LogP contribution in [0.2, 0.25) is 0 Å². The van der Waals surface area contributed by atoms with Crippen LogP contribution < -0.4 is 11.1 Å². The number of hydrogen-bond acceptors (Lipinski definition) is 2. The van der Waals surface area contributed by atoms with Gasteiger partial charge in [-0.2, -0.15) is 0 Å². The van der Waals surface area contributed by atoms with E-state index in [-0.39, 0.29) is 11.3 Å². The lowest BCUT2D eigenvalue weighted by atomic mass is 9.83. The van der Waals surface area contributed by atoms with Crippen molar-refractivity contribution in [1.82, 2.24) is 5.32 Å². The topological polar surface area (TPSA) is 55.1 Å². The van der Waals surface area contributed by atoms with Gasteiger partial charge in [-0.3, -0.25) is 4.79 Å². The number of nitrogens with two attached hydrogens (primary N) is 1. The van der Waals surface area contributed by atoms with E-state index < -0.39 is 0 Å². The van der Waals surface area contributed by atoms with E-state index in [1.807, 2.05) is 0 Å². The lowest BCUT2D eigenvalue weighted by Crippen LogP contribution is -2.39. The zero-order valence-electron chi connectivity index (χ0n) is 13.0. The third-order valence-corrected chi connectivity index (χ3v) is 4.60. The zero-order chi connectivity index (χ0) is 14.3. The molecule has 0 aromatic rings. The van der Waals surface area contributed by atoms with Crippen LogP contribution in [0, 0.1) is 11.3 Å². The van der Waals surface area contributed by atoms with Crippen LogP contribution >= 0.6 is 0 Å². The van der Waals surface area contributed by atoms with Crippen LogP contribution in [0.1, 0.15) is 72.1 Å². The fraction of sp³-hybridized carbons (Fsp3) is 0.938. The highest BCUT2D eigenvalue weighted by molar-refractivity contribution is 5.76. The summed E-state index contributed by atoms with van der Waals surface area (Å²) in [6.45, 7) is 7.25. The molecule has 1 saturated carbocycles. The first-order chi connectivity index (χ1) is 8.94. The molecule has 0 aliphatic heterocycles. The maximum absolute atomic E-state index is 12.0. The molecule has 1 aliphatic rings. The highest BCUT2D eigenvalue weighted by atomic mass is 16.1. The molecule has 0 heterocycles. The van der Waals surface area contributed by atoms with Crippen molar-refractivity contribution in [1.29, 1.82) is 0 Å². The summed E-state index contributed by atoms with van der Waals surface area (Å²) in [6, 6.07) is 0.338. The van der Waals surface area contributed by atoms with Crippen molar-refractivity contribution in [2.24, 2.45) is 17.1 Å². The van der Waals surface area contributed by atoms with Crippen LogP contribution in [0.5, 0.6) is 0 Å². The molecule has 19 heavy (non-hydrogen) atoms. The third-order valence-electron chi connectivity index (χ3n) is 4.60. The van der Waals surface area contributed by atoms with Gasteiger partial charge in [0.25, 0.3) is 0 Å². The SMILES string of the molecule is C[C@H](NC(=O)CCC(C)(C)CCN)C1CCCCC1. The van der Waals surface area contributed by atoms with Crippen molar-refractivity contribution < 1.29 is 4.79 Å². The summed E-state index contributed by atoms with van der Waals surface area (Å²) in [4.78, 5) is 12.0. The Balaban J connectivity index is 2.26. The Morgan fingerprint density at radius 1 is 1.26 bits per heavy atom. The molecule has 1 aliphatic carbocycles. The van der Waals surface area contributed by atoms with Crippen molar-refractivity contribution in [3.8, 4) is 0 Å². The van der Waals surface area contributed by atoms with Gasteiger partial charge in [-0.15, -0.1) is 0 Å². The van der Waals surface area contributed by atoms with Gasteiger partial charge in [0.2, 0.25) is 5.91 Å². The van der Waals surface area contributed by atoms with E-state index in [2.05, 4.69) is 26.1 Å². The molecule has 0 spiro atoms. The zero-order valence-corrected chi connectivity index (χ0v) is 13.0. The quantitative estimate of drug-likeness (QED) is 0.745. The van der Waals surface area contributed by atoms with Crippen molar-refractivity contribution in [3.63, 3.8) is 0 Å². The normalized spacial score (nSPS) is 19.2. The second-order valence-electron chi connectivity index (χ2n) is 6.96. The fourth-order valence-electron chi connectivity index (χ4n) is 3.05. The number of nitrogens with one attached hydrogen (secondary N) is 1. The molecule has 3 N–H and O–H groups in total. The summed E-state index contributed by atoms with van der Waals surface area (Å²) in [6.07, 6.45) is 9.11. The molecule has 1 atom stereocenters. The molecule has 1 fully saturated rings. The first-order valence-corrected chi connectivity index (χ1v) is 7.94. The monoisotopic (exact) mass is 268 g/mol. The Hall–Kier alpha value is -0.570. The molecule has 0 saturated heterocycles. The number of hydrogen-bond donors (Lipinski definition) is 2. The lowest BCUT2D eigenvalue weighted by molar-refractivity contribution is -0.122. The molecule has 3 nitrogen and oxygen atoms in total. The second kappa shape index (κ2) is 7.88. The van der Waals surface area contributed by atoms with Gasteiger partial charge in [-0.25, -0.2) is 0 Å².